The van der Waals surface area contributed by atoms with Crippen LogP contribution in [0.1, 0.15) is 36.5 Å². The minimum absolute atomic E-state index is 0.100. The number of amides is 1. The van der Waals surface area contributed by atoms with Gasteiger partial charge in [-0.15, -0.1) is 0 Å². The van der Waals surface area contributed by atoms with Gasteiger partial charge in [-0.25, -0.2) is 4.39 Å². The van der Waals surface area contributed by atoms with Crippen molar-refractivity contribution >= 4 is 21.8 Å². The lowest BCUT2D eigenvalue weighted by atomic mass is 10.0. The Morgan fingerprint density at radius 2 is 2.15 bits per heavy atom. The topological polar surface area (TPSA) is 32.3 Å². The van der Waals surface area contributed by atoms with Gasteiger partial charge in [0.1, 0.15) is 5.82 Å². The number of carbonyl (C=O) groups is 1. The molecule has 0 spiro atoms. The van der Waals surface area contributed by atoms with Crippen molar-refractivity contribution in [3.8, 4) is 0 Å². The van der Waals surface area contributed by atoms with Crippen LogP contribution in [-0.2, 0) is 0 Å². The Bertz CT molecular complexity index is 453. The summed E-state index contributed by atoms with van der Waals surface area (Å²) in [5.74, 6) is -0.816. The van der Waals surface area contributed by atoms with Crippen molar-refractivity contribution < 1.29 is 9.18 Å². The molecular formula is C15H20BrFN2O. The minimum Gasteiger partial charge on any atom is -0.349 e. The summed E-state index contributed by atoms with van der Waals surface area (Å²) in [5.41, 5.74) is 0.100. The van der Waals surface area contributed by atoms with Crippen LogP contribution in [0.2, 0.25) is 0 Å². The molecule has 1 amide bonds. The van der Waals surface area contributed by atoms with Crippen LogP contribution >= 0.6 is 15.9 Å². The molecular weight excluding hydrogens is 323 g/mol. The quantitative estimate of drug-likeness (QED) is 0.911. The van der Waals surface area contributed by atoms with Crippen LogP contribution in [0, 0.1) is 5.82 Å². The summed E-state index contributed by atoms with van der Waals surface area (Å²) in [6.07, 6.45) is 3.01. The molecule has 1 aliphatic heterocycles. The molecule has 0 bridgehead atoms. The molecule has 0 atom stereocenters. The molecule has 0 saturated carbocycles. The molecule has 110 valence electrons. The zero-order valence-corrected chi connectivity index (χ0v) is 13.2. The first kappa shape index (κ1) is 15.4. The average Bonchev–Trinajstić information content (AvgIpc) is 2.41. The van der Waals surface area contributed by atoms with E-state index in [9.17, 15) is 9.18 Å². The summed E-state index contributed by atoms with van der Waals surface area (Å²) in [6.45, 7) is 5.28. The van der Waals surface area contributed by atoms with E-state index >= 15 is 0 Å². The highest BCUT2D eigenvalue weighted by Crippen LogP contribution is 2.20. The number of halogens is 2. The second-order valence-electron chi connectivity index (χ2n) is 5.19. The van der Waals surface area contributed by atoms with E-state index < -0.39 is 5.82 Å². The summed E-state index contributed by atoms with van der Waals surface area (Å²) in [6, 6.07) is 4.72. The van der Waals surface area contributed by atoms with Gasteiger partial charge in [-0.1, -0.05) is 13.0 Å². The molecule has 5 heteroatoms. The molecule has 1 fully saturated rings. The molecule has 0 radical (unpaired) electrons. The fourth-order valence-corrected chi connectivity index (χ4v) is 3.11. The van der Waals surface area contributed by atoms with Gasteiger partial charge in [0.05, 0.1) is 5.56 Å². The van der Waals surface area contributed by atoms with Crippen LogP contribution in [0.3, 0.4) is 0 Å². The molecule has 3 nitrogen and oxygen atoms in total. The monoisotopic (exact) mass is 342 g/mol. The van der Waals surface area contributed by atoms with Crippen LogP contribution in [0.4, 0.5) is 4.39 Å². The van der Waals surface area contributed by atoms with Crippen molar-refractivity contribution in [1.82, 2.24) is 10.2 Å². The van der Waals surface area contributed by atoms with Crippen molar-refractivity contribution in [3.05, 3.63) is 34.1 Å². The third kappa shape index (κ3) is 3.79. The fourth-order valence-electron chi connectivity index (χ4n) is 2.59. The Hall–Kier alpha value is -0.940. The van der Waals surface area contributed by atoms with E-state index in [1.165, 1.54) is 6.07 Å². The molecule has 0 aliphatic carbocycles. The first-order valence-corrected chi connectivity index (χ1v) is 7.88. The molecule has 2 rings (SSSR count). The summed E-state index contributed by atoms with van der Waals surface area (Å²) in [7, 11) is 0. The van der Waals surface area contributed by atoms with Crippen LogP contribution in [0.25, 0.3) is 0 Å². The van der Waals surface area contributed by atoms with Gasteiger partial charge in [-0.3, -0.25) is 4.79 Å². The average molecular weight is 343 g/mol. The van der Waals surface area contributed by atoms with Crippen molar-refractivity contribution in [2.45, 2.75) is 32.2 Å². The maximum Gasteiger partial charge on any atom is 0.255 e. The number of nitrogens with zero attached hydrogens (tertiary/aromatic N) is 1. The Morgan fingerprint density at radius 1 is 1.45 bits per heavy atom. The second kappa shape index (κ2) is 7.18. The van der Waals surface area contributed by atoms with Crippen molar-refractivity contribution in [2.24, 2.45) is 0 Å². The van der Waals surface area contributed by atoms with E-state index in [-0.39, 0.29) is 17.5 Å². The van der Waals surface area contributed by atoms with E-state index in [0.717, 1.165) is 38.9 Å². The summed E-state index contributed by atoms with van der Waals surface area (Å²) in [5, 5.41) is 2.94. The van der Waals surface area contributed by atoms with E-state index in [1.807, 2.05) is 0 Å². The third-order valence-electron chi connectivity index (χ3n) is 3.65. The van der Waals surface area contributed by atoms with Gasteiger partial charge >= 0.3 is 0 Å². The number of hydrogen-bond acceptors (Lipinski definition) is 2. The van der Waals surface area contributed by atoms with Crippen LogP contribution < -0.4 is 5.32 Å². The van der Waals surface area contributed by atoms with Gasteiger partial charge in [-0.05, 0) is 53.9 Å². The first-order chi connectivity index (χ1) is 9.61. The van der Waals surface area contributed by atoms with Crippen LogP contribution in [-0.4, -0.2) is 36.5 Å². The number of likely N-dealkylation sites (tertiary alicyclic amines) is 1. The van der Waals surface area contributed by atoms with Crippen molar-refractivity contribution in [3.63, 3.8) is 0 Å². The van der Waals surface area contributed by atoms with E-state index in [1.54, 1.807) is 12.1 Å². The summed E-state index contributed by atoms with van der Waals surface area (Å²) in [4.78, 5) is 14.6. The maximum atomic E-state index is 13.7. The van der Waals surface area contributed by atoms with Gasteiger partial charge in [0.2, 0.25) is 0 Å². The molecule has 0 unspecified atom stereocenters. The largest absolute Gasteiger partial charge is 0.349 e. The fraction of sp³-hybridized carbons (Fsp3) is 0.533. The predicted molar refractivity (Wildman–Crippen MR) is 81.3 cm³/mol. The van der Waals surface area contributed by atoms with Crippen molar-refractivity contribution in [2.75, 3.05) is 19.6 Å². The number of hydrogen-bond donors (Lipinski definition) is 1. The van der Waals surface area contributed by atoms with E-state index in [4.69, 9.17) is 0 Å². The van der Waals surface area contributed by atoms with Gasteiger partial charge < -0.3 is 10.2 Å². The van der Waals surface area contributed by atoms with Crippen LogP contribution in [0.15, 0.2) is 22.7 Å². The summed E-state index contributed by atoms with van der Waals surface area (Å²) < 4.78 is 14.2. The summed E-state index contributed by atoms with van der Waals surface area (Å²) >= 11 is 3.23. The molecule has 1 N–H and O–H groups in total. The molecule has 20 heavy (non-hydrogen) atoms. The maximum absolute atomic E-state index is 13.7. The molecule has 0 aromatic heterocycles. The van der Waals surface area contributed by atoms with Gasteiger partial charge in [0, 0.05) is 23.6 Å². The van der Waals surface area contributed by atoms with E-state index in [2.05, 4.69) is 33.1 Å². The number of carbonyl (C=O) groups excluding carboxylic acids is 1. The zero-order valence-electron chi connectivity index (χ0n) is 11.7. The standard InChI is InChI=1S/C15H20BrFN2O/c1-2-8-19-9-6-11(7-10-19)18-15(20)14-12(16)4-3-5-13(14)17/h3-5,11H,2,6-10H2,1H3,(H,18,20). The van der Waals surface area contributed by atoms with Crippen LogP contribution in [0.5, 0.6) is 0 Å². The highest BCUT2D eigenvalue weighted by atomic mass is 79.9. The lowest BCUT2D eigenvalue weighted by molar-refractivity contribution is 0.0906. The Kier molecular flexibility index (Phi) is 5.54. The van der Waals surface area contributed by atoms with Gasteiger partial charge in [-0.2, -0.15) is 0 Å². The normalized spacial score (nSPS) is 17.1. The Balaban J connectivity index is 1.93. The number of rotatable bonds is 4. The predicted octanol–water partition coefficient (Wildman–Crippen LogP) is 3.19. The highest BCUT2D eigenvalue weighted by Gasteiger charge is 2.22. The number of benzene rings is 1. The third-order valence-corrected chi connectivity index (χ3v) is 4.31. The second-order valence-corrected chi connectivity index (χ2v) is 6.04. The zero-order chi connectivity index (χ0) is 14.5. The number of piperidine rings is 1. The molecule has 1 aliphatic rings. The number of nitrogens with one attached hydrogen (secondary N) is 1. The molecule has 1 aromatic rings. The molecule has 1 saturated heterocycles. The van der Waals surface area contributed by atoms with Crippen molar-refractivity contribution in [1.29, 1.82) is 0 Å². The molecule has 1 aromatic carbocycles. The first-order valence-electron chi connectivity index (χ1n) is 7.09. The lowest BCUT2D eigenvalue weighted by Gasteiger charge is -2.32. The smallest absolute Gasteiger partial charge is 0.255 e. The van der Waals surface area contributed by atoms with Gasteiger partial charge in [0.25, 0.3) is 5.91 Å². The van der Waals surface area contributed by atoms with Gasteiger partial charge in [0.15, 0.2) is 0 Å². The Labute approximate surface area is 127 Å². The highest BCUT2D eigenvalue weighted by molar-refractivity contribution is 9.10. The SMILES string of the molecule is CCCN1CCC(NC(=O)c2c(F)cccc2Br)CC1. The van der Waals surface area contributed by atoms with E-state index in [0.29, 0.717) is 4.47 Å². The lowest BCUT2D eigenvalue weighted by Crippen LogP contribution is -2.45. The molecule has 1 heterocycles. The Morgan fingerprint density at radius 3 is 2.75 bits per heavy atom. The minimum atomic E-state index is -0.486.